The van der Waals surface area contributed by atoms with Crippen LogP contribution >= 0.6 is 0 Å². The second-order valence-corrected chi connectivity index (χ2v) is 5.29. The Morgan fingerprint density at radius 1 is 0.625 bits per heavy atom. The second-order valence-electron chi connectivity index (χ2n) is 5.29. The number of carbonyl (C=O) groups is 1. The van der Waals surface area contributed by atoms with Crippen molar-refractivity contribution in [2.45, 2.75) is 6.18 Å². The summed E-state index contributed by atoms with van der Waals surface area (Å²) < 4.78 is 39.5. The highest BCUT2D eigenvalue weighted by molar-refractivity contribution is 6.10. The second kappa shape index (κ2) is 6.32. The van der Waals surface area contributed by atoms with Gasteiger partial charge in [-0.2, -0.15) is 13.2 Å². The Bertz CT molecular complexity index is 795. The molecular formula is C20H13F3O. The molecule has 3 aromatic carbocycles. The summed E-state index contributed by atoms with van der Waals surface area (Å²) in [5.41, 5.74) is 1.38. The van der Waals surface area contributed by atoms with Gasteiger partial charge >= 0.3 is 6.18 Å². The summed E-state index contributed by atoms with van der Waals surface area (Å²) in [6, 6.07) is 22.0. The molecule has 120 valence electrons. The lowest BCUT2D eigenvalue weighted by molar-refractivity contribution is -0.0884. The SMILES string of the molecule is O=C(c1c(-c2ccccc2)cccc1-c1ccccc1)C(F)(F)F. The smallest absolute Gasteiger partial charge is 0.284 e. The Labute approximate surface area is 137 Å². The zero-order chi connectivity index (χ0) is 17.2. The van der Waals surface area contributed by atoms with Crippen LogP contribution in [0.5, 0.6) is 0 Å². The normalized spacial score (nSPS) is 11.3. The maximum absolute atomic E-state index is 13.2. The Kier molecular flexibility index (Phi) is 4.21. The largest absolute Gasteiger partial charge is 0.454 e. The third-order valence-electron chi connectivity index (χ3n) is 3.72. The van der Waals surface area contributed by atoms with Crippen molar-refractivity contribution in [2.24, 2.45) is 0 Å². The van der Waals surface area contributed by atoms with Crippen molar-refractivity contribution in [1.82, 2.24) is 0 Å². The molecule has 0 fully saturated rings. The van der Waals surface area contributed by atoms with Crippen LogP contribution < -0.4 is 0 Å². The number of rotatable bonds is 3. The van der Waals surface area contributed by atoms with E-state index in [-0.39, 0.29) is 16.7 Å². The van der Waals surface area contributed by atoms with Gasteiger partial charge in [-0.25, -0.2) is 0 Å². The summed E-state index contributed by atoms with van der Waals surface area (Å²) in [5.74, 6) is -1.83. The summed E-state index contributed by atoms with van der Waals surface area (Å²) in [4.78, 5) is 12.1. The molecule has 3 aromatic rings. The number of benzene rings is 3. The molecule has 24 heavy (non-hydrogen) atoms. The minimum atomic E-state index is -4.94. The fourth-order valence-corrected chi connectivity index (χ4v) is 2.66. The van der Waals surface area contributed by atoms with E-state index in [4.69, 9.17) is 0 Å². The first-order chi connectivity index (χ1) is 11.5. The summed E-state index contributed by atoms with van der Waals surface area (Å²) in [6.07, 6.45) is -4.94. The van der Waals surface area contributed by atoms with Gasteiger partial charge in [0, 0.05) is 5.56 Å². The highest BCUT2D eigenvalue weighted by atomic mass is 19.4. The first-order valence-corrected chi connectivity index (χ1v) is 7.34. The Morgan fingerprint density at radius 3 is 1.42 bits per heavy atom. The van der Waals surface area contributed by atoms with E-state index >= 15 is 0 Å². The van der Waals surface area contributed by atoms with Crippen molar-refractivity contribution in [3.63, 3.8) is 0 Å². The maximum Gasteiger partial charge on any atom is 0.454 e. The molecule has 0 atom stereocenters. The van der Waals surface area contributed by atoms with Crippen molar-refractivity contribution in [2.75, 3.05) is 0 Å². The van der Waals surface area contributed by atoms with Crippen LogP contribution in [0.1, 0.15) is 10.4 Å². The molecule has 0 aliphatic carbocycles. The van der Waals surface area contributed by atoms with E-state index in [0.717, 1.165) is 0 Å². The fraction of sp³-hybridized carbons (Fsp3) is 0.0500. The van der Waals surface area contributed by atoms with Gasteiger partial charge in [0.2, 0.25) is 0 Å². The van der Waals surface area contributed by atoms with Gasteiger partial charge in [0.1, 0.15) is 0 Å². The topological polar surface area (TPSA) is 17.1 Å². The number of hydrogen-bond donors (Lipinski definition) is 0. The number of halogens is 3. The van der Waals surface area contributed by atoms with Crippen molar-refractivity contribution in [3.8, 4) is 22.3 Å². The number of Topliss-reactive ketones (excluding diaryl/α,β-unsaturated/α-hetero) is 1. The minimum Gasteiger partial charge on any atom is -0.284 e. The fourth-order valence-electron chi connectivity index (χ4n) is 2.66. The van der Waals surface area contributed by atoms with Crippen LogP contribution in [-0.4, -0.2) is 12.0 Å². The van der Waals surface area contributed by atoms with E-state index in [1.165, 1.54) is 0 Å². The molecular weight excluding hydrogens is 313 g/mol. The molecule has 0 spiro atoms. The summed E-state index contributed by atoms with van der Waals surface area (Å²) in [6.45, 7) is 0. The summed E-state index contributed by atoms with van der Waals surface area (Å²) >= 11 is 0. The molecule has 0 heterocycles. The average Bonchev–Trinajstić information content (AvgIpc) is 2.61. The monoisotopic (exact) mass is 326 g/mol. The zero-order valence-corrected chi connectivity index (χ0v) is 12.5. The molecule has 0 radical (unpaired) electrons. The van der Waals surface area contributed by atoms with Crippen LogP contribution in [0.4, 0.5) is 13.2 Å². The molecule has 0 aliphatic heterocycles. The van der Waals surface area contributed by atoms with E-state index in [0.29, 0.717) is 11.1 Å². The molecule has 0 bridgehead atoms. The predicted molar refractivity (Wildman–Crippen MR) is 87.7 cm³/mol. The highest BCUT2D eigenvalue weighted by Gasteiger charge is 2.41. The maximum atomic E-state index is 13.2. The van der Waals surface area contributed by atoms with Crippen molar-refractivity contribution < 1.29 is 18.0 Å². The molecule has 0 amide bonds. The summed E-state index contributed by atoms with van der Waals surface area (Å²) in [5, 5.41) is 0. The van der Waals surface area contributed by atoms with Crippen LogP contribution in [0.3, 0.4) is 0 Å². The quantitative estimate of drug-likeness (QED) is 0.559. The minimum absolute atomic E-state index is 0.277. The number of ketones is 1. The standard InChI is InChI=1S/C20H13F3O/c21-20(22,23)19(24)18-16(14-8-3-1-4-9-14)12-7-13-17(18)15-10-5-2-6-11-15/h1-13H. The van der Waals surface area contributed by atoms with Crippen molar-refractivity contribution >= 4 is 5.78 Å². The van der Waals surface area contributed by atoms with Crippen LogP contribution in [0.15, 0.2) is 78.9 Å². The Hall–Kier alpha value is -2.88. The Balaban J connectivity index is 2.30. The van der Waals surface area contributed by atoms with Gasteiger partial charge < -0.3 is 0 Å². The molecule has 4 heteroatoms. The van der Waals surface area contributed by atoms with Crippen LogP contribution in [0.25, 0.3) is 22.3 Å². The number of alkyl halides is 3. The van der Waals surface area contributed by atoms with Gasteiger partial charge in [-0.05, 0) is 22.3 Å². The molecule has 0 N–H and O–H groups in total. The third kappa shape index (κ3) is 3.08. The van der Waals surface area contributed by atoms with Gasteiger partial charge in [0.25, 0.3) is 5.78 Å². The van der Waals surface area contributed by atoms with Crippen molar-refractivity contribution in [3.05, 3.63) is 84.4 Å². The van der Waals surface area contributed by atoms with E-state index in [1.807, 2.05) is 0 Å². The third-order valence-corrected chi connectivity index (χ3v) is 3.72. The first kappa shape index (κ1) is 16.0. The Morgan fingerprint density at radius 2 is 1.04 bits per heavy atom. The molecule has 0 aromatic heterocycles. The van der Waals surface area contributed by atoms with Crippen LogP contribution in [0.2, 0.25) is 0 Å². The zero-order valence-electron chi connectivity index (χ0n) is 12.5. The van der Waals surface area contributed by atoms with Gasteiger partial charge in [-0.15, -0.1) is 0 Å². The average molecular weight is 326 g/mol. The lowest BCUT2D eigenvalue weighted by atomic mass is 9.89. The number of hydrogen-bond acceptors (Lipinski definition) is 1. The van der Waals surface area contributed by atoms with E-state index in [9.17, 15) is 18.0 Å². The molecule has 0 aliphatic rings. The molecule has 1 nitrogen and oxygen atoms in total. The van der Waals surface area contributed by atoms with Crippen LogP contribution in [0, 0.1) is 0 Å². The lowest BCUT2D eigenvalue weighted by Gasteiger charge is -2.16. The highest BCUT2D eigenvalue weighted by Crippen LogP contribution is 2.36. The van der Waals surface area contributed by atoms with Gasteiger partial charge in [-0.1, -0.05) is 78.9 Å². The van der Waals surface area contributed by atoms with Gasteiger partial charge in [-0.3, -0.25) is 4.79 Å². The molecule has 0 saturated carbocycles. The van der Waals surface area contributed by atoms with E-state index < -0.39 is 12.0 Å². The van der Waals surface area contributed by atoms with Gasteiger partial charge in [0.05, 0.1) is 0 Å². The predicted octanol–water partition coefficient (Wildman–Crippen LogP) is 5.77. The molecule has 0 saturated heterocycles. The molecule has 0 unspecified atom stereocenters. The van der Waals surface area contributed by atoms with E-state index in [1.54, 1.807) is 78.9 Å². The number of carbonyl (C=O) groups excluding carboxylic acids is 1. The van der Waals surface area contributed by atoms with Gasteiger partial charge in [0.15, 0.2) is 0 Å². The summed E-state index contributed by atoms with van der Waals surface area (Å²) in [7, 11) is 0. The van der Waals surface area contributed by atoms with E-state index in [2.05, 4.69) is 0 Å². The first-order valence-electron chi connectivity index (χ1n) is 7.34. The lowest BCUT2D eigenvalue weighted by Crippen LogP contribution is -2.24. The molecule has 3 rings (SSSR count). The van der Waals surface area contributed by atoms with Crippen molar-refractivity contribution in [1.29, 1.82) is 0 Å². The van der Waals surface area contributed by atoms with Crippen LogP contribution in [-0.2, 0) is 0 Å².